The number of aliphatic hydroxyl groups excluding tert-OH is 6. The fraction of sp³-hybridized carbons (Fsp3) is 0.444. The van der Waals surface area contributed by atoms with Gasteiger partial charge in [-0.2, -0.15) is 0 Å². The summed E-state index contributed by atoms with van der Waals surface area (Å²) in [5.41, 5.74) is -1.29. The summed E-state index contributed by atoms with van der Waals surface area (Å²) < 4.78 is 28.0. The Morgan fingerprint density at radius 2 is 1.51 bits per heavy atom. The molecule has 3 aromatic rings. The Morgan fingerprint density at radius 3 is 2.19 bits per heavy atom. The monoisotopic (exact) mass is 610 g/mol. The fourth-order valence-corrected chi connectivity index (χ4v) is 4.94. The zero-order valence-corrected chi connectivity index (χ0v) is 22.3. The molecule has 2 fully saturated rings. The first-order valence-corrected chi connectivity index (χ1v) is 13.0. The molecule has 0 aliphatic carbocycles. The second kappa shape index (κ2) is 11.8. The van der Waals surface area contributed by atoms with Gasteiger partial charge in [-0.1, -0.05) is 0 Å². The molecule has 0 spiro atoms. The molecule has 2 aliphatic heterocycles. The standard InChI is InChI=1S/C27H30O16/c1-8-17(33)24(42-26-21(37)20(36)18(34)15(7-28)41-26)22(38)27(39-8)43-25-19(35)16-13(32)5-10(29)6-14(16)40-23(25)9-2-3-11(30)12(31)4-9/h2-6,8,15,17-18,20-22,24,26-34,36-38H,7H2,1H3. The molecule has 1 aromatic heterocycles. The van der Waals surface area contributed by atoms with Gasteiger partial charge in [0, 0.05) is 17.7 Å². The van der Waals surface area contributed by atoms with Gasteiger partial charge in [-0.15, -0.1) is 0 Å². The maximum atomic E-state index is 13.6. The number of hydrogen-bond donors (Lipinski definition) is 10. The Bertz CT molecular complexity index is 1540. The quantitative estimate of drug-likeness (QED) is 0.140. The summed E-state index contributed by atoms with van der Waals surface area (Å²) in [6.45, 7) is 0.608. The molecule has 10 unspecified atom stereocenters. The molecule has 234 valence electrons. The van der Waals surface area contributed by atoms with E-state index in [0.717, 1.165) is 24.3 Å². The summed E-state index contributed by atoms with van der Waals surface area (Å²) in [7, 11) is 0. The second-order valence-electron chi connectivity index (χ2n) is 10.2. The minimum atomic E-state index is -1.93. The largest absolute Gasteiger partial charge is 0.508 e. The van der Waals surface area contributed by atoms with E-state index in [0.29, 0.717) is 0 Å². The van der Waals surface area contributed by atoms with Gasteiger partial charge in [0.15, 0.2) is 23.5 Å². The van der Waals surface area contributed by atoms with Crippen molar-refractivity contribution in [1.82, 2.24) is 0 Å². The van der Waals surface area contributed by atoms with E-state index in [1.54, 1.807) is 0 Å². The third-order valence-electron chi connectivity index (χ3n) is 7.31. The van der Waals surface area contributed by atoms with Crippen LogP contribution in [0.2, 0.25) is 0 Å². The minimum absolute atomic E-state index is 0.0142. The summed E-state index contributed by atoms with van der Waals surface area (Å²) in [6.07, 6.45) is -16.6. The number of rotatable bonds is 6. The molecular weight excluding hydrogens is 580 g/mol. The highest BCUT2D eigenvalue weighted by Crippen LogP contribution is 2.39. The highest BCUT2D eigenvalue weighted by atomic mass is 16.7. The molecule has 2 aliphatic rings. The van der Waals surface area contributed by atoms with Crippen LogP contribution in [0.3, 0.4) is 0 Å². The fourth-order valence-electron chi connectivity index (χ4n) is 4.94. The van der Waals surface area contributed by atoms with Gasteiger partial charge in [0.2, 0.25) is 17.5 Å². The number of benzene rings is 2. The van der Waals surface area contributed by atoms with Gasteiger partial charge in [0.1, 0.15) is 65.2 Å². The highest BCUT2D eigenvalue weighted by molar-refractivity contribution is 5.88. The molecule has 0 bridgehead atoms. The Kier molecular flexibility index (Phi) is 8.41. The summed E-state index contributed by atoms with van der Waals surface area (Å²) in [6, 6.07) is 5.30. The van der Waals surface area contributed by atoms with E-state index in [-0.39, 0.29) is 16.9 Å². The van der Waals surface area contributed by atoms with Crippen LogP contribution < -0.4 is 10.2 Å². The average molecular weight is 611 g/mol. The van der Waals surface area contributed by atoms with Crippen LogP contribution in [0, 0.1) is 0 Å². The molecular formula is C27H30O16. The number of phenolic OH excluding ortho intramolecular Hbond substituents is 4. The lowest BCUT2D eigenvalue weighted by molar-refractivity contribution is -0.350. The summed E-state index contributed by atoms with van der Waals surface area (Å²) in [4.78, 5) is 13.6. The maximum Gasteiger partial charge on any atom is 0.239 e. The molecule has 0 saturated carbocycles. The van der Waals surface area contributed by atoms with E-state index < -0.39 is 108 Å². The van der Waals surface area contributed by atoms with Crippen LogP contribution >= 0.6 is 0 Å². The highest BCUT2D eigenvalue weighted by Gasteiger charge is 2.50. The van der Waals surface area contributed by atoms with Crippen molar-refractivity contribution in [1.29, 1.82) is 0 Å². The van der Waals surface area contributed by atoms with Crippen LogP contribution in [0.25, 0.3) is 22.3 Å². The van der Waals surface area contributed by atoms with Crippen LogP contribution in [0.1, 0.15) is 6.92 Å². The van der Waals surface area contributed by atoms with Crippen LogP contribution in [0.15, 0.2) is 39.5 Å². The third-order valence-corrected chi connectivity index (χ3v) is 7.31. The van der Waals surface area contributed by atoms with Crippen molar-refractivity contribution in [3.8, 4) is 40.1 Å². The Hall–Kier alpha value is -3.71. The predicted octanol–water partition coefficient (Wildman–Crippen LogP) is -1.69. The van der Waals surface area contributed by atoms with Crippen molar-refractivity contribution in [2.45, 2.75) is 68.3 Å². The Labute approximate surface area is 241 Å². The Balaban J connectivity index is 1.53. The summed E-state index contributed by atoms with van der Waals surface area (Å²) in [5, 5.41) is 102. The number of hydrogen-bond acceptors (Lipinski definition) is 16. The van der Waals surface area contributed by atoms with Crippen LogP contribution in [0.4, 0.5) is 0 Å². The lowest BCUT2D eigenvalue weighted by Gasteiger charge is -2.45. The number of fused-ring (bicyclic) bond motifs is 1. The van der Waals surface area contributed by atoms with Gasteiger partial charge in [-0.05, 0) is 25.1 Å². The molecule has 5 rings (SSSR count). The number of ether oxygens (including phenoxy) is 4. The van der Waals surface area contributed by atoms with Crippen molar-refractivity contribution >= 4 is 11.0 Å². The first-order chi connectivity index (χ1) is 20.3. The van der Waals surface area contributed by atoms with Gasteiger partial charge in [-0.3, -0.25) is 4.79 Å². The lowest BCUT2D eigenvalue weighted by Crippen LogP contribution is -2.64. The topological polar surface area (TPSA) is 269 Å². The summed E-state index contributed by atoms with van der Waals surface area (Å²) in [5.74, 6) is -3.23. The van der Waals surface area contributed by atoms with E-state index in [9.17, 15) is 55.9 Å². The summed E-state index contributed by atoms with van der Waals surface area (Å²) >= 11 is 0. The molecule has 0 amide bonds. The maximum absolute atomic E-state index is 13.6. The second-order valence-corrected chi connectivity index (χ2v) is 10.2. The van der Waals surface area contributed by atoms with Crippen LogP contribution in [0.5, 0.6) is 28.7 Å². The normalized spacial score (nSPS) is 33.0. The molecule has 16 heteroatoms. The van der Waals surface area contributed by atoms with E-state index in [2.05, 4.69) is 0 Å². The van der Waals surface area contributed by atoms with Gasteiger partial charge < -0.3 is 74.4 Å². The van der Waals surface area contributed by atoms with Gasteiger partial charge in [-0.25, -0.2) is 0 Å². The van der Waals surface area contributed by atoms with Crippen LogP contribution in [-0.4, -0.2) is 119 Å². The first kappa shape index (κ1) is 30.7. The minimum Gasteiger partial charge on any atom is -0.508 e. The van der Waals surface area contributed by atoms with Gasteiger partial charge in [0.05, 0.1) is 12.7 Å². The first-order valence-electron chi connectivity index (χ1n) is 13.0. The molecule has 3 heterocycles. The third kappa shape index (κ3) is 5.55. The van der Waals surface area contributed by atoms with Gasteiger partial charge in [0.25, 0.3) is 0 Å². The van der Waals surface area contributed by atoms with E-state index >= 15 is 0 Å². The van der Waals surface area contributed by atoms with E-state index in [4.69, 9.17) is 23.4 Å². The number of aromatic hydroxyl groups is 4. The molecule has 16 nitrogen and oxygen atoms in total. The smallest absolute Gasteiger partial charge is 0.239 e. The van der Waals surface area contributed by atoms with Crippen LogP contribution in [-0.2, 0) is 14.2 Å². The van der Waals surface area contributed by atoms with E-state index in [1.165, 1.54) is 13.0 Å². The molecule has 10 atom stereocenters. The Morgan fingerprint density at radius 1 is 0.791 bits per heavy atom. The molecule has 2 aromatic carbocycles. The molecule has 43 heavy (non-hydrogen) atoms. The molecule has 2 saturated heterocycles. The van der Waals surface area contributed by atoms with Crippen molar-refractivity contribution in [3.05, 3.63) is 40.6 Å². The molecule has 0 radical (unpaired) electrons. The number of aliphatic hydroxyl groups is 6. The molecule has 10 N–H and O–H groups in total. The SMILES string of the molecule is CC1OC(Oc2c(-c3ccc(O)c(O)c3)oc3cc(O)cc(O)c3c2=O)C(O)C(OC2OC(CO)C(O)C(O)C2O)C1O. The average Bonchev–Trinajstić information content (AvgIpc) is 2.96. The van der Waals surface area contributed by atoms with Crippen molar-refractivity contribution in [2.24, 2.45) is 0 Å². The van der Waals surface area contributed by atoms with Crippen molar-refractivity contribution < 1.29 is 74.4 Å². The number of phenols is 4. The lowest BCUT2D eigenvalue weighted by atomic mass is 9.97. The predicted molar refractivity (Wildman–Crippen MR) is 140 cm³/mol. The van der Waals surface area contributed by atoms with Crippen molar-refractivity contribution in [3.63, 3.8) is 0 Å². The zero-order valence-electron chi connectivity index (χ0n) is 22.3. The van der Waals surface area contributed by atoms with Crippen molar-refractivity contribution in [2.75, 3.05) is 6.61 Å². The zero-order chi connectivity index (χ0) is 31.3. The van der Waals surface area contributed by atoms with E-state index in [1.807, 2.05) is 0 Å². The van der Waals surface area contributed by atoms with Gasteiger partial charge >= 0.3 is 0 Å².